The molecule has 0 aliphatic heterocycles. The van der Waals surface area contributed by atoms with Crippen LogP contribution >= 0.6 is 0 Å². The Bertz CT molecular complexity index is 814. The molecule has 1 aromatic carbocycles. The van der Waals surface area contributed by atoms with Crippen molar-refractivity contribution in [3.63, 3.8) is 0 Å². The zero-order valence-electron chi connectivity index (χ0n) is 10.2. The number of phenols is 1. The summed E-state index contributed by atoms with van der Waals surface area (Å²) in [5, 5.41) is 26.7. The van der Waals surface area contributed by atoms with Crippen molar-refractivity contribution in [2.45, 2.75) is 6.92 Å². The molecule has 92 valence electrons. The number of aromatic hydroxyl groups is 1. The molecule has 3 aromatic rings. The van der Waals surface area contributed by atoms with Gasteiger partial charge in [-0.2, -0.15) is 5.26 Å². The predicted octanol–water partition coefficient (Wildman–Crippen LogP) is 2.28. The van der Waals surface area contributed by atoms with E-state index in [0.29, 0.717) is 17.0 Å². The summed E-state index contributed by atoms with van der Waals surface area (Å²) in [7, 11) is 0. The minimum atomic E-state index is 0.246. The van der Waals surface area contributed by atoms with Crippen LogP contribution in [0.15, 0.2) is 36.5 Å². The van der Waals surface area contributed by atoms with Crippen molar-refractivity contribution in [2.24, 2.45) is 0 Å². The Balaban J connectivity index is 2.24. The fourth-order valence-corrected chi connectivity index (χ4v) is 1.95. The van der Waals surface area contributed by atoms with Gasteiger partial charge < -0.3 is 5.11 Å². The molecule has 0 aliphatic carbocycles. The normalized spacial score (nSPS) is 10.5. The molecule has 5 nitrogen and oxygen atoms in total. The highest BCUT2D eigenvalue weighted by molar-refractivity contribution is 5.62. The Morgan fingerprint density at radius 2 is 2.05 bits per heavy atom. The Morgan fingerprint density at radius 1 is 1.21 bits per heavy atom. The van der Waals surface area contributed by atoms with E-state index in [1.165, 1.54) is 0 Å². The molecule has 2 heterocycles. The zero-order valence-corrected chi connectivity index (χ0v) is 10.2. The second kappa shape index (κ2) is 4.10. The van der Waals surface area contributed by atoms with Gasteiger partial charge in [-0.05, 0) is 42.8 Å². The summed E-state index contributed by atoms with van der Waals surface area (Å²) in [4.78, 5) is 0. The summed E-state index contributed by atoms with van der Waals surface area (Å²) < 4.78 is 1.77. The Kier molecular flexibility index (Phi) is 2.43. The third kappa shape index (κ3) is 1.79. The Hall–Kier alpha value is -2.87. The number of aryl methyl sites for hydroxylation is 1. The molecular weight excluding hydrogens is 240 g/mol. The van der Waals surface area contributed by atoms with Crippen LogP contribution in [0.3, 0.4) is 0 Å². The number of hydrogen-bond donors (Lipinski definition) is 1. The number of hydrogen-bond acceptors (Lipinski definition) is 4. The number of nitriles is 1. The van der Waals surface area contributed by atoms with Crippen LogP contribution in [0.5, 0.6) is 5.75 Å². The minimum Gasteiger partial charge on any atom is -0.508 e. The van der Waals surface area contributed by atoms with Gasteiger partial charge in [-0.1, -0.05) is 0 Å². The van der Waals surface area contributed by atoms with E-state index in [2.05, 4.69) is 16.3 Å². The highest BCUT2D eigenvalue weighted by Crippen LogP contribution is 2.24. The molecule has 0 aliphatic rings. The summed E-state index contributed by atoms with van der Waals surface area (Å²) >= 11 is 0. The molecule has 0 amide bonds. The molecule has 0 saturated carbocycles. The van der Waals surface area contributed by atoms with Crippen molar-refractivity contribution in [1.29, 1.82) is 5.26 Å². The lowest BCUT2D eigenvalue weighted by Crippen LogP contribution is -1.91. The Labute approximate surface area is 109 Å². The lowest BCUT2D eigenvalue weighted by Gasteiger charge is -2.03. The SMILES string of the molecule is Cc1cc(-c2nnc3ccc(C#N)cn23)ccc1O. The molecule has 0 unspecified atom stereocenters. The number of pyridine rings is 1. The van der Waals surface area contributed by atoms with Crippen LogP contribution in [0.1, 0.15) is 11.1 Å². The highest BCUT2D eigenvalue weighted by Gasteiger charge is 2.09. The molecular formula is C14H10N4O. The molecule has 5 heteroatoms. The number of rotatable bonds is 1. The first-order valence-electron chi connectivity index (χ1n) is 5.74. The van der Waals surface area contributed by atoms with E-state index < -0.39 is 0 Å². The summed E-state index contributed by atoms with van der Waals surface area (Å²) in [6, 6.07) is 10.8. The largest absolute Gasteiger partial charge is 0.508 e. The predicted molar refractivity (Wildman–Crippen MR) is 69.5 cm³/mol. The van der Waals surface area contributed by atoms with Gasteiger partial charge in [-0.3, -0.25) is 4.40 Å². The van der Waals surface area contributed by atoms with Gasteiger partial charge in [0.15, 0.2) is 11.5 Å². The third-order valence-electron chi connectivity index (χ3n) is 2.99. The van der Waals surface area contributed by atoms with E-state index in [-0.39, 0.29) is 5.75 Å². The van der Waals surface area contributed by atoms with Crippen LogP contribution < -0.4 is 0 Å². The molecule has 0 fully saturated rings. The maximum atomic E-state index is 9.55. The molecule has 2 aromatic heterocycles. The van der Waals surface area contributed by atoms with Crippen LogP contribution in [0, 0.1) is 18.3 Å². The first-order valence-corrected chi connectivity index (χ1v) is 5.74. The number of aromatic nitrogens is 3. The van der Waals surface area contributed by atoms with E-state index in [1.807, 2.05) is 13.0 Å². The summed E-state index contributed by atoms with van der Waals surface area (Å²) in [5.41, 5.74) is 2.84. The summed E-state index contributed by atoms with van der Waals surface area (Å²) in [6.45, 7) is 1.82. The average Bonchev–Trinajstić information content (AvgIpc) is 2.84. The second-order valence-corrected chi connectivity index (χ2v) is 4.28. The van der Waals surface area contributed by atoms with Crippen LogP contribution in [0.25, 0.3) is 17.0 Å². The van der Waals surface area contributed by atoms with E-state index in [9.17, 15) is 5.11 Å². The first-order chi connectivity index (χ1) is 9.19. The molecule has 0 radical (unpaired) electrons. The molecule has 0 bridgehead atoms. The lowest BCUT2D eigenvalue weighted by atomic mass is 10.1. The van der Waals surface area contributed by atoms with Gasteiger partial charge in [-0.25, -0.2) is 0 Å². The van der Waals surface area contributed by atoms with Gasteiger partial charge in [0.1, 0.15) is 11.8 Å². The van der Waals surface area contributed by atoms with E-state index in [0.717, 1.165) is 11.1 Å². The van der Waals surface area contributed by atoms with Gasteiger partial charge in [0.05, 0.1) is 5.56 Å². The fraction of sp³-hybridized carbons (Fsp3) is 0.0714. The molecule has 0 atom stereocenters. The maximum absolute atomic E-state index is 9.55. The van der Waals surface area contributed by atoms with Crippen molar-refractivity contribution in [1.82, 2.24) is 14.6 Å². The van der Waals surface area contributed by atoms with Crippen LogP contribution in [-0.4, -0.2) is 19.7 Å². The van der Waals surface area contributed by atoms with Crippen LogP contribution in [0.4, 0.5) is 0 Å². The summed E-state index contributed by atoms with van der Waals surface area (Å²) in [5.74, 6) is 0.894. The number of fused-ring (bicyclic) bond motifs is 1. The average molecular weight is 250 g/mol. The molecule has 0 spiro atoms. The van der Waals surface area contributed by atoms with Crippen molar-refractivity contribution >= 4 is 5.65 Å². The fourth-order valence-electron chi connectivity index (χ4n) is 1.95. The van der Waals surface area contributed by atoms with Gasteiger partial charge >= 0.3 is 0 Å². The molecule has 0 saturated heterocycles. The zero-order chi connectivity index (χ0) is 13.4. The van der Waals surface area contributed by atoms with Gasteiger partial charge in [0.25, 0.3) is 0 Å². The molecule has 1 N–H and O–H groups in total. The topological polar surface area (TPSA) is 74.2 Å². The Morgan fingerprint density at radius 3 is 2.79 bits per heavy atom. The van der Waals surface area contributed by atoms with Crippen molar-refractivity contribution in [3.8, 4) is 23.2 Å². The van der Waals surface area contributed by atoms with Crippen molar-refractivity contribution < 1.29 is 5.11 Å². The minimum absolute atomic E-state index is 0.246. The van der Waals surface area contributed by atoms with Crippen LogP contribution in [0.2, 0.25) is 0 Å². The van der Waals surface area contributed by atoms with Gasteiger partial charge in [-0.15, -0.1) is 10.2 Å². The van der Waals surface area contributed by atoms with Crippen molar-refractivity contribution in [3.05, 3.63) is 47.7 Å². The maximum Gasteiger partial charge on any atom is 0.168 e. The van der Waals surface area contributed by atoms with Crippen LogP contribution in [-0.2, 0) is 0 Å². The number of benzene rings is 1. The monoisotopic (exact) mass is 250 g/mol. The van der Waals surface area contributed by atoms with Crippen molar-refractivity contribution in [2.75, 3.05) is 0 Å². The quantitative estimate of drug-likeness (QED) is 0.719. The standard InChI is InChI=1S/C14H10N4O/c1-9-6-11(3-4-12(9)19)14-17-16-13-5-2-10(7-15)8-18(13)14/h2-6,8,19H,1H3. The molecule has 3 rings (SSSR count). The lowest BCUT2D eigenvalue weighted by molar-refractivity contribution is 0.471. The second-order valence-electron chi connectivity index (χ2n) is 4.28. The van der Waals surface area contributed by atoms with E-state index in [1.54, 1.807) is 34.9 Å². The number of phenolic OH excluding ortho intramolecular Hbond substituents is 1. The van der Waals surface area contributed by atoms with E-state index >= 15 is 0 Å². The third-order valence-corrected chi connectivity index (χ3v) is 2.99. The first kappa shape index (κ1) is 11.2. The highest BCUT2D eigenvalue weighted by atomic mass is 16.3. The summed E-state index contributed by atoms with van der Waals surface area (Å²) in [6.07, 6.45) is 1.70. The van der Waals surface area contributed by atoms with Gasteiger partial charge in [0.2, 0.25) is 0 Å². The van der Waals surface area contributed by atoms with Gasteiger partial charge in [0, 0.05) is 11.8 Å². The smallest absolute Gasteiger partial charge is 0.168 e. The number of nitrogens with zero attached hydrogens (tertiary/aromatic N) is 4. The van der Waals surface area contributed by atoms with E-state index in [4.69, 9.17) is 5.26 Å². The molecule has 19 heavy (non-hydrogen) atoms.